The van der Waals surface area contributed by atoms with Gasteiger partial charge in [-0.05, 0) is 23.8 Å². The van der Waals surface area contributed by atoms with Crippen LogP contribution in [0.25, 0.3) is 16.0 Å². The lowest BCUT2D eigenvalue weighted by molar-refractivity contribution is -1.01. The Kier molecular flexibility index (Phi) is 3.97. The van der Waals surface area contributed by atoms with E-state index in [1.165, 1.54) is 14.1 Å². The number of thiazole rings is 1. The number of rotatable bonds is 4. The predicted molar refractivity (Wildman–Crippen MR) is 89.9 cm³/mol. The molecule has 0 saturated carbocycles. The van der Waals surface area contributed by atoms with Gasteiger partial charge in [0.05, 0.1) is 11.9 Å². The highest BCUT2D eigenvalue weighted by molar-refractivity contribution is 7.15. The number of nitrogens with zero attached hydrogens (tertiary/aromatic N) is 2. The van der Waals surface area contributed by atoms with Gasteiger partial charge in [-0.2, -0.15) is 0 Å². The van der Waals surface area contributed by atoms with Gasteiger partial charge in [-0.1, -0.05) is 12.1 Å². The van der Waals surface area contributed by atoms with Crippen molar-refractivity contribution < 1.29 is 19.4 Å². The highest BCUT2D eigenvalue weighted by atomic mass is 32.1. The molecular weight excluding hydrogens is 312 g/mol. The summed E-state index contributed by atoms with van der Waals surface area (Å²) in [5.74, 6) is 0.563. The maximum atomic E-state index is 12.0. The Morgan fingerprint density at radius 1 is 1.30 bits per heavy atom. The van der Waals surface area contributed by atoms with E-state index in [1.807, 2.05) is 40.2 Å². The molecule has 0 fully saturated rings. The van der Waals surface area contributed by atoms with Crippen molar-refractivity contribution in [2.45, 2.75) is 6.42 Å². The number of aromatic nitrogens is 1. The number of amides is 1. The van der Waals surface area contributed by atoms with Gasteiger partial charge < -0.3 is 9.14 Å². The quantitative estimate of drug-likeness (QED) is 0.454. The Labute approximate surface area is 138 Å². The number of methoxy groups -OCH3 is 1. The summed E-state index contributed by atoms with van der Waals surface area (Å²) in [6.45, 7) is 0. The van der Waals surface area contributed by atoms with E-state index in [0.717, 1.165) is 27.4 Å². The van der Waals surface area contributed by atoms with Crippen molar-refractivity contribution in [2.75, 3.05) is 21.2 Å². The van der Waals surface area contributed by atoms with Crippen LogP contribution < -0.4 is 4.74 Å². The summed E-state index contributed by atoms with van der Waals surface area (Å²) in [6.07, 6.45) is 2.20. The molecular formula is C17H19N2O3S+. The Balaban J connectivity index is 1.95. The van der Waals surface area contributed by atoms with E-state index in [1.54, 1.807) is 18.4 Å². The van der Waals surface area contributed by atoms with E-state index in [9.17, 15) is 10.0 Å². The lowest BCUT2D eigenvalue weighted by Crippen LogP contribution is -2.43. The molecule has 23 heavy (non-hydrogen) atoms. The molecule has 0 aliphatic carbocycles. The van der Waals surface area contributed by atoms with Gasteiger partial charge in [-0.3, -0.25) is 0 Å². The summed E-state index contributed by atoms with van der Waals surface area (Å²) < 4.78 is 6.61. The second kappa shape index (κ2) is 5.81. The maximum absolute atomic E-state index is 12.0. The molecule has 3 rings (SSSR count). The van der Waals surface area contributed by atoms with Crippen LogP contribution in [0.4, 0.5) is 0 Å². The van der Waals surface area contributed by atoms with Crippen LogP contribution in [0.3, 0.4) is 0 Å². The van der Waals surface area contributed by atoms with E-state index in [-0.39, 0.29) is 12.3 Å². The minimum Gasteiger partial charge on any atom is -0.497 e. The van der Waals surface area contributed by atoms with E-state index >= 15 is 0 Å². The average Bonchev–Trinajstić information content (AvgIpc) is 3.08. The zero-order valence-corrected chi connectivity index (χ0v) is 14.1. The van der Waals surface area contributed by atoms with Crippen molar-refractivity contribution in [1.29, 1.82) is 0 Å². The molecule has 3 aromatic rings. The van der Waals surface area contributed by atoms with E-state index in [2.05, 4.69) is 6.07 Å². The summed E-state index contributed by atoms with van der Waals surface area (Å²) in [6, 6.07) is 9.97. The number of fused-ring (bicyclic) bond motifs is 1. The Morgan fingerprint density at radius 3 is 2.78 bits per heavy atom. The molecule has 1 N–H and O–H groups in total. The van der Waals surface area contributed by atoms with Crippen LogP contribution in [-0.2, 0) is 11.2 Å². The van der Waals surface area contributed by atoms with Crippen molar-refractivity contribution >= 4 is 22.1 Å². The molecule has 5 nitrogen and oxygen atoms in total. The molecule has 1 aromatic carbocycles. The minimum atomic E-state index is -0.665. The Bertz CT molecular complexity index is 858. The topological polar surface area (TPSA) is 50.9 Å². The van der Waals surface area contributed by atoms with Gasteiger partial charge in [0.2, 0.25) is 0 Å². The minimum absolute atomic E-state index is 0.190. The van der Waals surface area contributed by atoms with Crippen LogP contribution in [0.1, 0.15) is 5.69 Å². The van der Waals surface area contributed by atoms with Gasteiger partial charge in [0, 0.05) is 22.8 Å². The van der Waals surface area contributed by atoms with Crippen LogP contribution in [0.2, 0.25) is 0 Å². The van der Waals surface area contributed by atoms with Gasteiger partial charge in [0.15, 0.2) is 0 Å². The fourth-order valence-electron chi connectivity index (χ4n) is 2.38. The van der Waals surface area contributed by atoms with Gasteiger partial charge in [0.1, 0.15) is 26.3 Å². The number of quaternary nitrogens is 1. The summed E-state index contributed by atoms with van der Waals surface area (Å²) in [4.78, 5) is 13.1. The fraction of sp³-hybridized carbons (Fsp3) is 0.235. The number of likely N-dealkylation sites (N-methyl/N-ethyl adjacent to an activating group) is 1. The maximum Gasteiger partial charge on any atom is 0.351 e. The molecule has 0 bridgehead atoms. The number of hydrogen-bond acceptors (Lipinski definition) is 4. The molecule has 0 unspecified atom stereocenters. The molecule has 0 radical (unpaired) electrons. The Hall–Kier alpha value is -2.15. The van der Waals surface area contributed by atoms with E-state index in [4.69, 9.17) is 4.74 Å². The number of hydrogen-bond donors (Lipinski definition) is 1. The average molecular weight is 331 g/mol. The van der Waals surface area contributed by atoms with Crippen molar-refractivity contribution in [3.8, 4) is 16.9 Å². The van der Waals surface area contributed by atoms with Gasteiger partial charge in [-0.25, -0.2) is 10.0 Å². The molecule has 0 atom stereocenters. The molecule has 2 aromatic heterocycles. The molecule has 2 heterocycles. The monoisotopic (exact) mass is 331 g/mol. The molecule has 1 amide bonds. The smallest absolute Gasteiger partial charge is 0.351 e. The van der Waals surface area contributed by atoms with Crippen molar-refractivity contribution in [2.24, 2.45) is 0 Å². The first-order chi connectivity index (χ1) is 10.9. The SMILES string of the molecule is COc1cccc(-c2cc3scc(CC(=O)[N+](C)(C)O)n3c2)c1. The zero-order chi connectivity index (χ0) is 16.6. The standard InChI is InChI=1S/C17H19N2O3S/c1-19(2,21)17(20)9-14-11-23-16-8-13(10-18(14)16)12-5-4-6-15(7-12)22-3/h4-8,10-11,21H,9H2,1-3H3/q+1. The molecule has 0 aliphatic heterocycles. The van der Waals surface area contributed by atoms with E-state index in [0.29, 0.717) is 0 Å². The van der Waals surface area contributed by atoms with Gasteiger partial charge in [-0.15, -0.1) is 16.0 Å². The third kappa shape index (κ3) is 3.14. The molecule has 0 saturated heterocycles. The molecule has 6 heteroatoms. The van der Waals surface area contributed by atoms with Crippen molar-refractivity contribution in [1.82, 2.24) is 4.40 Å². The van der Waals surface area contributed by atoms with Crippen molar-refractivity contribution in [3.05, 3.63) is 47.6 Å². The number of hydroxylamine groups is 3. The van der Waals surface area contributed by atoms with Crippen LogP contribution >= 0.6 is 11.3 Å². The van der Waals surface area contributed by atoms with E-state index < -0.39 is 4.65 Å². The molecule has 120 valence electrons. The first-order valence-electron chi connectivity index (χ1n) is 7.21. The predicted octanol–water partition coefficient (Wildman–Crippen LogP) is 3.21. The summed E-state index contributed by atoms with van der Waals surface area (Å²) in [7, 11) is 4.57. The highest BCUT2D eigenvalue weighted by Gasteiger charge is 2.25. The fourth-order valence-corrected chi connectivity index (χ4v) is 3.31. The Morgan fingerprint density at radius 2 is 2.09 bits per heavy atom. The molecule has 0 aliphatic rings. The summed E-state index contributed by atoms with van der Waals surface area (Å²) >= 11 is 1.58. The number of carbonyl (C=O) groups is 1. The van der Waals surface area contributed by atoms with Crippen molar-refractivity contribution in [3.63, 3.8) is 0 Å². The second-order valence-corrected chi connectivity index (χ2v) is 6.75. The van der Waals surface area contributed by atoms with Crippen LogP contribution in [0.5, 0.6) is 5.75 Å². The van der Waals surface area contributed by atoms with Gasteiger partial charge in [0.25, 0.3) is 0 Å². The first-order valence-corrected chi connectivity index (χ1v) is 8.09. The molecule has 0 spiro atoms. The normalized spacial score (nSPS) is 11.8. The summed E-state index contributed by atoms with van der Waals surface area (Å²) in [5.41, 5.74) is 3.02. The summed E-state index contributed by atoms with van der Waals surface area (Å²) in [5, 5.41) is 11.7. The number of carbonyl (C=O) groups excluding carboxylic acids is 1. The largest absolute Gasteiger partial charge is 0.497 e. The third-order valence-electron chi connectivity index (χ3n) is 3.76. The zero-order valence-electron chi connectivity index (χ0n) is 13.3. The van der Waals surface area contributed by atoms with Crippen LogP contribution in [-0.4, -0.2) is 41.4 Å². The van der Waals surface area contributed by atoms with Crippen LogP contribution in [0.15, 0.2) is 41.9 Å². The highest BCUT2D eigenvalue weighted by Crippen LogP contribution is 2.29. The lowest BCUT2D eigenvalue weighted by atomic mass is 10.1. The van der Waals surface area contributed by atoms with Crippen LogP contribution in [0, 0.1) is 0 Å². The van der Waals surface area contributed by atoms with Gasteiger partial charge >= 0.3 is 5.91 Å². The second-order valence-electron chi connectivity index (χ2n) is 5.86. The number of ether oxygens (including phenoxy) is 1. The number of benzene rings is 1. The first kappa shape index (κ1) is 15.7. The third-order valence-corrected chi connectivity index (χ3v) is 4.70. The lowest BCUT2D eigenvalue weighted by Gasteiger charge is -2.15.